The maximum absolute atomic E-state index is 10.9. The quantitative estimate of drug-likeness (QED) is 0.316. The molecule has 1 unspecified atom stereocenters. The molecule has 0 aliphatic carbocycles. The highest BCUT2D eigenvalue weighted by atomic mass is 35.5. The fourth-order valence-corrected chi connectivity index (χ4v) is 2.18. The van der Waals surface area contributed by atoms with Crippen LogP contribution < -0.4 is 0 Å². The van der Waals surface area contributed by atoms with Gasteiger partial charge in [-0.3, -0.25) is 4.79 Å². The number of halogens is 2. The lowest BCUT2D eigenvalue weighted by molar-refractivity contribution is -0.140. The van der Waals surface area contributed by atoms with E-state index in [-0.39, 0.29) is 11.3 Å². The van der Waals surface area contributed by atoms with Gasteiger partial charge in [0.25, 0.3) is 0 Å². The van der Waals surface area contributed by atoms with Crippen LogP contribution in [0.1, 0.15) is 57.8 Å². The second-order valence-corrected chi connectivity index (χ2v) is 5.33. The molecule has 0 aromatic heterocycles. The van der Waals surface area contributed by atoms with Gasteiger partial charge in [0.1, 0.15) is 0 Å². The fourth-order valence-electron chi connectivity index (χ4n) is 1.71. The molecule has 102 valence electrons. The molecular weight excluding hydrogens is 259 g/mol. The largest absolute Gasteiger partial charge is 0.469 e. The molecular formula is C13H24Cl2O2. The Bertz CT molecular complexity index is 186. The van der Waals surface area contributed by atoms with Crippen LogP contribution in [0.25, 0.3) is 0 Å². The number of carbonyl (C=O) groups is 1. The van der Waals surface area contributed by atoms with E-state index in [0.29, 0.717) is 6.42 Å². The first-order valence-electron chi connectivity index (χ1n) is 6.47. The maximum Gasteiger partial charge on any atom is 0.307 e. The Morgan fingerprint density at radius 1 is 1.06 bits per heavy atom. The number of unbranched alkanes of at least 4 members (excludes halogenated alkanes) is 6. The van der Waals surface area contributed by atoms with Crippen LogP contribution in [-0.4, -0.2) is 24.3 Å². The van der Waals surface area contributed by atoms with Gasteiger partial charge in [-0.1, -0.05) is 38.5 Å². The van der Waals surface area contributed by atoms with Crippen molar-refractivity contribution in [2.75, 3.05) is 13.0 Å². The summed E-state index contributed by atoms with van der Waals surface area (Å²) in [6.45, 7) is 0. The average molecular weight is 283 g/mol. The number of hydrogen-bond donors (Lipinski definition) is 0. The van der Waals surface area contributed by atoms with Crippen molar-refractivity contribution in [2.24, 2.45) is 0 Å². The lowest BCUT2D eigenvalue weighted by Crippen LogP contribution is -2.09. The molecule has 0 aromatic rings. The van der Waals surface area contributed by atoms with Crippen molar-refractivity contribution in [3.63, 3.8) is 0 Å². The van der Waals surface area contributed by atoms with Gasteiger partial charge in [-0.2, -0.15) is 0 Å². The lowest BCUT2D eigenvalue weighted by Gasteiger charge is -2.07. The smallest absolute Gasteiger partial charge is 0.307 e. The second kappa shape index (κ2) is 12.5. The van der Waals surface area contributed by atoms with E-state index < -0.39 is 0 Å². The summed E-state index contributed by atoms with van der Waals surface area (Å²) in [7, 11) is 1.40. The van der Waals surface area contributed by atoms with Gasteiger partial charge in [0.05, 0.1) is 13.5 Å². The van der Waals surface area contributed by atoms with E-state index in [4.69, 9.17) is 23.2 Å². The molecule has 0 aliphatic heterocycles. The third-order valence-corrected chi connectivity index (χ3v) is 3.41. The monoisotopic (exact) mass is 282 g/mol. The molecule has 0 radical (unpaired) electrons. The lowest BCUT2D eigenvalue weighted by atomic mass is 10.1. The highest BCUT2D eigenvalue weighted by Gasteiger charge is 2.10. The van der Waals surface area contributed by atoms with Crippen molar-refractivity contribution in [3.05, 3.63) is 0 Å². The zero-order valence-electron chi connectivity index (χ0n) is 10.7. The van der Waals surface area contributed by atoms with Gasteiger partial charge in [0.2, 0.25) is 0 Å². The minimum Gasteiger partial charge on any atom is -0.469 e. The van der Waals surface area contributed by atoms with Crippen LogP contribution in [0.3, 0.4) is 0 Å². The molecule has 0 amide bonds. The molecule has 0 spiro atoms. The van der Waals surface area contributed by atoms with Gasteiger partial charge < -0.3 is 4.74 Å². The number of ether oxygens (including phenoxy) is 1. The van der Waals surface area contributed by atoms with Crippen LogP contribution in [0.5, 0.6) is 0 Å². The first-order valence-corrected chi connectivity index (χ1v) is 7.44. The third-order valence-electron chi connectivity index (χ3n) is 2.77. The van der Waals surface area contributed by atoms with Crippen molar-refractivity contribution < 1.29 is 9.53 Å². The van der Waals surface area contributed by atoms with Crippen molar-refractivity contribution in [2.45, 2.75) is 63.2 Å². The first-order chi connectivity index (χ1) is 8.20. The van der Waals surface area contributed by atoms with Crippen LogP contribution in [0, 0.1) is 0 Å². The second-order valence-electron chi connectivity index (χ2n) is 4.33. The van der Waals surface area contributed by atoms with Crippen LogP contribution in [0.2, 0.25) is 0 Å². The molecule has 17 heavy (non-hydrogen) atoms. The van der Waals surface area contributed by atoms with Crippen LogP contribution in [0.4, 0.5) is 0 Å². The van der Waals surface area contributed by atoms with Gasteiger partial charge in [0.15, 0.2) is 0 Å². The Morgan fingerprint density at radius 3 is 2.12 bits per heavy atom. The van der Waals surface area contributed by atoms with E-state index in [2.05, 4.69) is 4.74 Å². The summed E-state index contributed by atoms with van der Waals surface area (Å²) < 4.78 is 4.57. The number of esters is 1. The molecule has 4 heteroatoms. The number of hydrogen-bond acceptors (Lipinski definition) is 2. The Morgan fingerprint density at radius 2 is 1.59 bits per heavy atom. The summed E-state index contributed by atoms with van der Waals surface area (Å²) in [6, 6.07) is 0. The highest BCUT2D eigenvalue weighted by Crippen LogP contribution is 2.15. The zero-order chi connectivity index (χ0) is 12.9. The first kappa shape index (κ1) is 17.1. The third kappa shape index (κ3) is 12.3. The van der Waals surface area contributed by atoms with Crippen LogP contribution in [0.15, 0.2) is 0 Å². The predicted molar refractivity (Wildman–Crippen MR) is 73.9 cm³/mol. The van der Waals surface area contributed by atoms with Crippen LogP contribution in [-0.2, 0) is 9.53 Å². The molecule has 0 bridgehead atoms. The van der Waals surface area contributed by atoms with E-state index >= 15 is 0 Å². The van der Waals surface area contributed by atoms with E-state index in [1.165, 1.54) is 39.2 Å². The summed E-state index contributed by atoms with van der Waals surface area (Å²) in [5.74, 6) is 0.563. The zero-order valence-corrected chi connectivity index (χ0v) is 12.2. The van der Waals surface area contributed by atoms with Gasteiger partial charge in [-0.25, -0.2) is 0 Å². The molecule has 0 aliphatic rings. The summed E-state index contributed by atoms with van der Waals surface area (Å²) in [5, 5.41) is -0.0706. The highest BCUT2D eigenvalue weighted by molar-refractivity contribution is 6.21. The molecule has 0 N–H and O–H groups in total. The molecule has 0 rings (SSSR count). The van der Waals surface area contributed by atoms with E-state index in [1.807, 2.05) is 0 Å². The van der Waals surface area contributed by atoms with Gasteiger partial charge >= 0.3 is 5.97 Å². The summed E-state index contributed by atoms with van der Waals surface area (Å²) >= 11 is 11.6. The van der Waals surface area contributed by atoms with Crippen molar-refractivity contribution >= 4 is 29.2 Å². The maximum atomic E-state index is 10.9. The SMILES string of the molecule is COC(=O)CC(Cl)CCCCCCCCCCl. The van der Waals surface area contributed by atoms with Crippen molar-refractivity contribution in [3.8, 4) is 0 Å². The average Bonchev–Trinajstić information content (AvgIpc) is 2.32. The molecule has 0 heterocycles. The molecule has 0 saturated heterocycles. The van der Waals surface area contributed by atoms with Gasteiger partial charge in [-0.15, -0.1) is 23.2 Å². The topological polar surface area (TPSA) is 26.3 Å². The van der Waals surface area contributed by atoms with Gasteiger partial charge in [-0.05, 0) is 12.8 Å². The van der Waals surface area contributed by atoms with Crippen molar-refractivity contribution in [1.82, 2.24) is 0 Å². The van der Waals surface area contributed by atoms with Crippen LogP contribution >= 0.6 is 23.2 Å². The normalized spacial score (nSPS) is 12.4. The summed E-state index contributed by atoms with van der Waals surface area (Å²) in [4.78, 5) is 10.9. The molecule has 2 nitrogen and oxygen atoms in total. The minimum absolute atomic E-state index is 0.0706. The number of alkyl halides is 2. The summed E-state index contributed by atoms with van der Waals surface area (Å²) in [5.41, 5.74) is 0. The Kier molecular flexibility index (Phi) is 12.5. The van der Waals surface area contributed by atoms with E-state index in [0.717, 1.165) is 25.1 Å². The predicted octanol–water partition coefficient (Wildman–Crippen LogP) is 4.52. The molecule has 0 aromatic carbocycles. The van der Waals surface area contributed by atoms with Crippen molar-refractivity contribution in [1.29, 1.82) is 0 Å². The number of rotatable bonds is 11. The Labute approximate surface area is 115 Å². The van der Waals surface area contributed by atoms with Gasteiger partial charge in [0, 0.05) is 11.3 Å². The Balaban J connectivity index is 3.19. The number of methoxy groups -OCH3 is 1. The molecule has 0 fully saturated rings. The number of carbonyl (C=O) groups excluding carboxylic acids is 1. The van der Waals surface area contributed by atoms with E-state index in [9.17, 15) is 4.79 Å². The molecule has 0 saturated carbocycles. The minimum atomic E-state index is -0.217. The fraction of sp³-hybridized carbons (Fsp3) is 0.923. The standard InChI is InChI=1S/C13H24Cl2O2/c1-17-13(16)11-12(15)9-7-5-3-2-4-6-8-10-14/h12H,2-11H2,1H3. The Hall–Kier alpha value is 0.0500. The summed E-state index contributed by atoms with van der Waals surface area (Å²) in [6.07, 6.45) is 9.70. The van der Waals surface area contributed by atoms with E-state index in [1.54, 1.807) is 0 Å². The molecule has 1 atom stereocenters.